The molecule has 14 heavy (non-hydrogen) atoms. The van der Waals surface area contributed by atoms with Crippen LogP contribution in [0.5, 0.6) is 0 Å². The van der Waals surface area contributed by atoms with Crippen LogP contribution in [0.3, 0.4) is 0 Å². The third-order valence-electron chi connectivity index (χ3n) is 3.51. The second-order valence-corrected chi connectivity index (χ2v) is 5.34. The third-order valence-corrected chi connectivity index (χ3v) is 3.51. The largest absolute Gasteiger partial charge is 0.381 e. The van der Waals surface area contributed by atoms with Crippen molar-refractivity contribution in [2.24, 2.45) is 23.7 Å². The molecule has 3 atom stereocenters. The summed E-state index contributed by atoms with van der Waals surface area (Å²) >= 11 is 0. The van der Waals surface area contributed by atoms with Crippen molar-refractivity contribution in [3.63, 3.8) is 0 Å². The molecule has 82 valence electrons. The zero-order valence-electron chi connectivity index (χ0n) is 9.46. The molecule has 1 N–H and O–H groups in total. The number of nitrogens with one attached hydrogen (secondary N) is 1. The van der Waals surface area contributed by atoms with Gasteiger partial charge in [0.1, 0.15) is 0 Å². The van der Waals surface area contributed by atoms with Gasteiger partial charge >= 0.3 is 0 Å². The minimum absolute atomic E-state index is 0.780. The van der Waals surface area contributed by atoms with Crippen LogP contribution < -0.4 is 5.32 Å². The van der Waals surface area contributed by atoms with E-state index in [2.05, 4.69) is 19.2 Å². The summed E-state index contributed by atoms with van der Waals surface area (Å²) in [6.07, 6.45) is 2.75. The quantitative estimate of drug-likeness (QED) is 0.727. The standard InChI is InChI=1S/C12H23NO/c1-9(2)6-13-7-11-5-12(11)10-3-4-14-8-10/h9-13H,3-8H2,1-2H3. The van der Waals surface area contributed by atoms with Crippen molar-refractivity contribution in [3.8, 4) is 0 Å². The van der Waals surface area contributed by atoms with Crippen molar-refractivity contribution in [2.45, 2.75) is 26.7 Å². The maximum Gasteiger partial charge on any atom is 0.0497 e. The van der Waals surface area contributed by atoms with Crippen molar-refractivity contribution in [1.29, 1.82) is 0 Å². The second-order valence-electron chi connectivity index (χ2n) is 5.34. The normalized spacial score (nSPS) is 36.6. The molecule has 0 aromatic heterocycles. The first-order chi connectivity index (χ1) is 6.77. The summed E-state index contributed by atoms with van der Waals surface area (Å²) < 4.78 is 5.43. The van der Waals surface area contributed by atoms with Crippen LogP contribution in [0.1, 0.15) is 26.7 Å². The molecule has 0 spiro atoms. The summed E-state index contributed by atoms with van der Waals surface area (Å²) in [4.78, 5) is 0. The molecule has 3 unspecified atom stereocenters. The molecule has 1 saturated carbocycles. The topological polar surface area (TPSA) is 21.3 Å². The fourth-order valence-electron chi connectivity index (χ4n) is 2.53. The summed E-state index contributed by atoms with van der Waals surface area (Å²) in [5.74, 6) is 3.61. The van der Waals surface area contributed by atoms with Crippen molar-refractivity contribution in [2.75, 3.05) is 26.3 Å². The van der Waals surface area contributed by atoms with Crippen molar-refractivity contribution in [1.82, 2.24) is 5.32 Å². The number of ether oxygens (including phenoxy) is 1. The highest BCUT2D eigenvalue weighted by Crippen LogP contribution is 2.46. The van der Waals surface area contributed by atoms with E-state index in [-0.39, 0.29) is 0 Å². The molecule has 1 aliphatic carbocycles. The number of hydrogen-bond donors (Lipinski definition) is 1. The lowest BCUT2D eigenvalue weighted by atomic mass is 10.0. The van der Waals surface area contributed by atoms with E-state index in [4.69, 9.17) is 4.74 Å². The molecule has 1 saturated heterocycles. The first kappa shape index (κ1) is 10.4. The molecule has 0 aromatic rings. The minimum atomic E-state index is 0.780. The van der Waals surface area contributed by atoms with Gasteiger partial charge in [-0.2, -0.15) is 0 Å². The van der Waals surface area contributed by atoms with Gasteiger partial charge in [-0.25, -0.2) is 0 Å². The Morgan fingerprint density at radius 1 is 1.43 bits per heavy atom. The molecular weight excluding hydrogens is 174 g/mol. The summed E-state index contributed by atoms with van der Waals surface area (Å²) in [6.45, 7) is 8.98. The molecule has 2 heteroatoms. The van der Waals surface area contributed by atoms with Crippen LogP contribution >= 0.6 is 0 Å². The molecule has 2 nitrogen and oxygen atoms in total. The summed E-state index contributed by atoms with van der Waals surface area (Å²) in [7, 11) is 0. The number of rotatable bonds is 5. The molecule has 2 rings (SSSR count). The van der Waals surface area contributed by atoms with E-state index >= 15 is 0 Å². The Hall–Kier alpha value is -0.0800. The molecular formula is C12H23NO. The molecule has 0 bridgehead atoms. The monoisotopic (exact) mass is 197 g/mol. The van der Waals surface area contributed by atoms with E-state index in [0.29, 0.717) is 0 Å². The predicted octanol–water partition coefficient (Wildman–Crippen LogP) is 1.90. The second kappa shape index (κ2) is 4.63. The maximum absolute atomic E-state index is 5.43. The van der Waals surface area contributed by atoms with E-state index in [1.807, 2.05) is 0 Å². The lowest BCUT2D eigenvalue weighted by Crippen LogP contribution is -2.23. The lowest BCUT2D eigenvalue weighted by Gasteiger charge is -2.08. The Balaban J connectivity index is 1.57. The van der Waals surface area contributed by atoms with Crippen LogP contribution in [0.15, 0.2) is 0 Å². The smallest absolute Gasteiger partial charge is 0.0497 e. The van der Waals surface area contributed by atoms with E-state index in [0.717, 1.165) is 36.9 Å². The van der Waals surface area contributed by atoms with Crippen molar-refractivity contribution >= 4 is 0 Å². The Kier molecular flexibility index (Phi) is 3.45. The van der Waals surface area contributed by atoms with Crippen LogP contribution in [0.25, 0.3) is 0 Å². The summed E-state index contributed by atoms with van der Waals surface area (Å²) in [6, 6.07) is 0. The molecule has 0 radical (unpaired) electrons. The fraction of sp³-hybridized carbons (Fsp3) is 1.00. The lowest BCUT2D eigenvalue weighted by molar-refractivity contribution is 0.181. The van der Waals surface area contributed by atoms with E-state index in [9.17, 15) is 0 Å². The SMILES string of the molecule is CC(C)CNCC1CC1C1CCOC1. The van der Waals surface area contributed by atoms with Gasteiger partial charge in [-0.05, 0) is 49.6 Å². The van der Waals surface area contributed by atoms with Gasteiger partial charge in [0, 0.05) is 13.2 Å². The molecule has 0 aromatic carbocycles. The number of hydrogen-bond acceptors (Lipinski definition) is 2. The first-order valence-corrected chi connectivity index (χ1v) is 6.06. The van der Waals surface area contributed by atoms with Gasteiger partial charge in [0.25, 0.3) is 0 Å². The van der Waals surface area contributed by atoms with Crippen LogP contribution in [0.4, 0.5) is 0 Å². The van der Waals surface area contributed by atoms with Gasteiger partial charge in [-0.3, -0.25) is 0 Å². The molecule has 2 aliphatic rings. The third kappa shape index (κ3) is 2.71. The van der Waals surface area contributed by atoms with Gasteiger partial charge < -0.3 is 10.1 Å². The zero-order valence-corrected chi connectivity index (χ0v) is 9.46. The summed E-state index contributed by atoms with van der Waals surface area (Å²) in [5.41, 5.74) is 0. The van der Waals surface area contributed by atoms with Crippen molar-refractivity contribution < 1.29 is 4.74 Å². The van der Waals surface area contributed by atoms with E-state index in [1.165, 1.54) is 25.9 Å². The Morgan fingerprint density at radius 3 is 2.93 bits per heavy atom. The summed E-state index contributed by atoms with van der Waals surface area (Å²) in [5, 5.41) is 3.56. The zero-order chi connectivity index (χ0) is 9.97. The van der Waals surface area contributed by atoms with Crippen LogP contribution in [-0.2, 0) is 4.74 Å². The molecule has 1 heterocycles. The average molecular weight is 197 g/mol. The first-order valence-electron chi connectivity index (χ1n) is 6.06. The van der Waals surface area contributed by atoms with Gasteiger partial charge in [-0.1, -0.05) is 13.8 Å². The Bertz CT molecular complexity index is 175. The van der Waals surface area contributed by atoms with Gasteiger partial charge in [0.15, 0.2) is 0 Å². The predicted molar refractivity (Wildman–Crippen MR) is 58.2 cm³/mol. The minimum Gasteiger partial charge on any atom is -0.381 e. The Morgan fingerprint density at radius 2 is 2.29 bits per heavy atom. The van der Waals surface area contributed by atoms with Crippen LogP contribution in [-0.4, -0.2) is 26.3 Å². The molecule has 2 fully saturated rings. The maximum atomic E-state index is 5.43. The van der Waals surface area contributed by atoms with E-state index in [1.54, 1.807) is 0 Å². The van der Waals surface area contributed by atoms with E-state index < -0.39 is 0 Å². The van der Waals surface area contributed by atoms with Gasteiger partial charge in [0.05, 0.1) is 0 Å². The molecule has 0 amide bonds. The van der Waals surface area contributed by atoms with Crippen LogP contribution in [0.2, 0.25) is 0 Å². The fourth-order valence-corrected chi connectivity index (χ4v) is 2.53. The van der Waals surface area contributed by atoms with Crippen LogP contribution in [0, 0.1) is 23.7 Å². The van der Waals surface area contributed by atoms with Gasteiger partial charge in [0.2, 0.25) is 0 Å². The van der Waals surface area contributed by atoms with Crippen molar-refractivity contribution in [3.05, 3.63) is 0 Å². The highest BCUT2D eigenvalue weighted by Gasteiger charge is 2.43. The average Bonchev–Trinajstić information content (AvgIpc) is 2.72. The van der Waals surface area contributed by atoms with Gasteiger partial charge in [-0.15, -0.1) is 0 Å². The molecule has 1 aliphatic heterocycles. The highest BCUT2D eigenvalue weighted by atomic mass is 16.5. The Labute approximate surface area is 87.4 Å². The highest BCUT2D eigenvalue weighted by molar-refractivity contribution is 4.93.